The van der Waals surface area contributed by atoms with Gasteiger partial charge >= 0.3 is 0 Å². The molecule has 0 radical (unpaired) electrons. The van der Waals surface area contributed by atoms with E-state index in [1.165, 1.54) is 0 Å². The molecule has 0 saturated carbocycles. The first-order valence-corrected chi connectivity index (χ1v) is 5.81. The first kappa shape index (κ1) is 10.7. The average Bonchev–Trinajstić information content (AvgIpc) is 3.03. The van der Waals surface area contributed by atoms with Crippen LogP contribution in [0.5, 0.6) is 0 Å². The molecule has 1 N–H and O–H groups in total. The van der Waals surface area contributed by atoms with E-state index in [0.717, 1.165) is 25.2 Å². The molecular formula is C11H13N7. The second kappa shape index (κ2) is 4.82. The van der Waals surface area contributed by atoms with Crippen molar-refractivity contribution in [1.82, 2.24) is 29.6 Å². The van der Waals surface area contributed by atoms with Gasteiger partial charge in [-0.2, -0.15) is 4.98 Å². The van der Waals surface area contributed by atoms with E-state index in [1.54, 1.807) is 15.4 Å². The lowest BCUT2D eigenvalue weighted by atomic mass is 10.4. The molecule has 0 amide bonds. The van der Waals surface area contributed by atoms with Gasteiger partial charge in [-0.05, 0) is 18.6 Å². The molecule has 7 heteroatoms. The largest absolute Gasteiger partial charge is 0.353 e. The SMILES string of the molecule is c1ccn2nc(NCCCn3ccnn3)nc2c1. The highest BCUT2D eigenvalue weighted by Gasteiger charge is 2.01. The summed E-state index contributed by atoms with van der Waals surface area (Å²) in [4.78, 5) is 4.35. The van der Waals surface area contributed by atoms with E-state index in [9.17, 15) is 0 Å². The van der Waals surface area contributed by atoms with Crippen LogP contribution in [0.1, 0.15) is 6.42 Å². The molecule has 18 heavy (non-hydrogen) atoms. The fourth-order valence-electron chi connectivity index (χ4n) is 1.70. The van der Waals surface area contributed by atoms with Gasteiger partial charge in [0.05, 0.1) is 6.20 Å². The monoisotopic (exact) mass is 243 g/mol. The standard InChI is InChI=1S/C11H13N7/c1-2-8-18-10(4-1)14-11(15-18)12-5-3-7-17-9-6-13-16-17/h1-2,4,6,8-9H,3,5,7H2,(H,12,15). The zero-order chi connectivity index (χ0) is 12.2. The van der Waals surface area contributed by atoms with Gasteiger partial charge in [0.25, 0.3) is 0 Å². The number of aryl methyl sites for hydroxylation is 1. The van der Waals surface area contributed by atoms with E-state index >= 15 is 0 Å². The number of hydrogen-bond donors (Lipinski definition) is 1. The molecular weight excluding hydrogens is 230 g/mol. The summed E-state index contributed by atoms with van der Waals surface area (Å²) in [5, 5.41) is 15.2. The van der Waals surface area contributed by atoms with Gasteiger partial charge in [-0.15, -0.1) is 10.2 Å². The van der Waals surface area contributed by atoms with Crippen molar-refractivity contribution in [3.63, 3.8) is 0 Å². The van der Waals surface area contributed by atoms with Gasteiger partial charge in [0.15, 0.2) is 5.65 Å². The van der Waals surface area contributed by atoms with Crippen LogP contribution in [0.3, 0.4) is 0 Å². The minimum atomic E-state index is 0.653. The van der Waals surface area contributed by atoms with Gasteiger partial charge < -0.3 is 5.32 Å². The molecule has 0 atom stereocenters. The maximum Gasteiger partial charge on any atom is 0.243 e. The number of nitrogens with zero attached hydrogens (tertiary/aromatic N) is 6. The zero-order valence-corrected chi connectivity index (χ0v) is 9.77. The van der Waals surface area contributed by atoms with Crippen molar-refractivity contribution in [2.24, 2.45) is 0 Å². The van der Waals surface area contributed by atoms with Crippen molar-refractivity contribution in [3.05, 3.63) is 36.8 Å². The van der Waals surface area contributed by atoms with Crippen LogP contribution in [0.4, 0.5) is 5.95 Å². The Bertz CT molecular complexity index is 580. The average molecular weight is 243 g/mol. The summed E-state index contributed by atoms with van der Waals surface area (Å²) in [6.45, 7) is 1.64. The molecule has 7 nitrogen and oxygen atoms in total. The van der Waals surface area contributed by atoms with Gasteiger partial charge in [0.1, 0.15) is 0 Å². The number of nitrogens with one attached hydrogen (secondary N) is 1. The van der Waals surface area contributed by atoms with Crippen molar-refractivity contribution in [3.8, 4) is 0 Å². The Balaban J connectivity index is 1.53. The molecule has 0 bridgehead atoms. The highest BCUT2D eigenvalue weighted by molar-refractivity contribution is 5.42. The fourth-order valence-corrected chi connectivity index (χ4v) is 1.70. The molecule has 0 fully saturated rings. The van der Waals surface area contributed by atoms with E-state index in [0.29, 0.717) is 5.95 Å². The second-order valence-electron chi connectivity index (χ2n) is 3.89. The summed E-state index contributed by atoms with van der Waals surface area (Å²) in [7, 11) is 0. The quantitative estimate of drug-likeness (QED) is 0.672. The van der Waals surface area contributed by atoms with Crippen LogP contribution in [0, 0.1) is 0 Å². The molecule has 3 aromatic rings. The van der Waals surface area contributed by atoms with Crippen molar-refractivity contribution in [2.45, 2.75) is 13.0 Å². The molecule has 3 aromatic heterocycles. The molecule has 0 saturated heterocycles. The minimum absolute atomic E-state index is 0.653. The number of hydrogen-bond acceptors (Lipinski definition) is 5. The zero-order valence-electron chi connectivity index (χ0n) is 9.77. The topological polar surface area (TPSA) is 72.9 Å². The van der Waals surface area contributed by atoms with Crippen LogP contribution >= 0.6 is 0 Å². The number of rotatable bonds is 5. The van der Waals surface area contributed by atoms with Crippen molar-refractivity contribution < 1.29 is 0 Å². The molecule has 92 valence electrons. The highest BCUT2D eigenvalue weighted by Crippen LogP contribution is 2.04. The Morgan fingerprint density at radius 3 is 3.06 bits per heavy atom. The molecule has 0 aliphatic rings. The van der Waals surface area contributed by atoms with E-state index in [-0.39, 0.29) is 0 Å². The Morgan fingerprint density at radius 2 is 2.22 bits per heavy atom. The van der Waals surface area contributed by atoms with Crippen LogP contribution in [-0.4, -0.2) is 36.1 Å². The lowest BCUT2D eigenvalue weighted by molar-refractivity contribution is 0.569. The Hall–Kier alpha value is -2.44. The van der Waals surface area contributed by atoms with E-state index in [1.807, 2.05) is 30.6 Å². The van der Waals surface area contributed by atoms with Crippen LogP contribution in [0.2, 0.25) is 0 Å². The third-order valence-corrected chi connectivity index (χ3v) is 2.56. The smallest absolute Gasteiger partial charge is 0.243 e. The third kappa shape index (κ3) is 2.29. The maximum atomic E-state index is 4.35. The minimum Gasteiger partial charge on any atom is -0.353 e. The molecule has 3 rings (SSSR count). The summed E-state index contributed by atoms with van der Waals surface area (Å²) in [6.07, 6.45) is 6.35. The van der Waals surface area contributed by atoms with Crippen molar-refractivity contribution in [1.29, 1.82) is 0 Å². The summed E-state index contributed by atoms with van der Waals surface area (Å²) < 4.78 is 3.55. The molecule has 3 heterocycles. The number of fused-ring (bicyclic) bond motifs is 1. The van der Waals surface area contributed by atoms with Gasteiger partial charge in [0, 0.05) is 25.5 Å². The molecule has 0 aliphatic heterocycles. The molecule has 0 aromatic carbocycles. The van der Waals surface area contributed by atoms with Crippen LogP contribution in [0.25, 0.3) is 5.65 Å². The third-order valence-electron chi connectivity index (χ3n) is 2.56. The van der Waals surface area contributed by atoms with E-state index < -0.39 is 0 Å². The predicted octanol–water partition coefficient (Wildman–Crippen LogP) is 0.823. The maximum absolute atomic E-state index is 4.35. The van der Waals surface area contributed by atoms with E-state index in [4.69, 9.17) is 0 Å². The Labute approximate surface area is 103 Å². The first-order chi connectivity index (χ1) is 8.92. The Kier molecular flexibility index (Phi) is 2.87. The summed E-state index contributed by atoms with van der Waals surface area (Å²) in [6, 6.07) is 5.79. The fraction of sp³-hybridized carbons (Fsp3) is 0.273. The predicted molar refractivity (Wildman–Crippen MR) is 66.1 cm³/mol. The Morgan fingerprint density at radius 1 is 1.22 bits per heavy atom. The van der Waals surface area contributed by atoms with Crippen LogP contribution in [0.15, 0.2) is 36.8 Å². The first-order valence-electron chi connectivity index (χ1n) is 5.81. The number of anilines is 1. The number of aromatic nitrogens is 6. The summed E-state index contributed by atoms with van der Waals surface area (Å²) in [5.74, 6) is 0.653. The lowest BCUT2D eigenvalue weighted by Gasteiger charge is -2.01. The number of pyridine rings is 1. The molecule has 0 unspecified atom stereocenters. The van der Waals surface area contributed by atoms with Crippen LogP contribution < -0.4 is 5.32 Å². The van der Waals surface area contributed by atoms with Crippen molar-refractivity contribution in [2.75, 3.05) is 11.9 Å². The normalized spacial score (nSPS) is 10.9. The summed E-state index contributed by atoms with van der Waals surface area (Å²) in [5.41, 5.74) is 0.844. The summed E-state index contributed by atoms with van der Waals surface area (Å²) >= 11 is 0. The van der Waals surface area contributed by atoms with Crippen LogP contribution in [-0.2, 0) is 6.54 Å². The van der Waals surface area contributed by atoms with Gasteiger partial charge in [-0.25, -0.2) is 4.52 Å². The van der Waals surface area contributed by atoms with Gasteiger partial charge in [-0.3, -0.25) is 4.68 Å². The molecule has 0 spiro atoms. The molecule has 0 aliphatic carbocycles. The van der Waals surface area contributed by atoms with E-state index in [2.05, 4.69) is 25.7 Å². The highest BCUT2D eigenvalue weighted by atomic mass is 15.4. The van der Waals surface area contributed by atoms with Gasteiger partial charge in [-0.1, -0.05) is 11.3 Å². The second-order valence-corrected chi connectivity index (χ2v) is 3.89. The van der Waals surface area contributed by atoms with Gasteiger partial charge in [0.2, 0.25) is 5.95 Å². The van der Waals surface area contributed by atoms with Crippen molar-refractivity contribution >= 4 is 11.6 Å². The lowest BCUT2D eigenvalue weighted by Crippen LogP contribution is -2.08.